The van der Waals surface area contributed by atoms with Crippen molar-refractivity contribution in [2.24, 2.45) is 18.2 Å². The van der Waals surface area contributed by atoms with Crippen LogP contribution in [0.4, 0.5) is 11.6 Å². The maximum atomic E-state index is 11.2. The average molecular weight is 283 g/mol. The van der Waals surface area contributed by atoms with Gasteiger partial charge in [0.05, 0.1) is 0 Å². The van der Waals surface area contributed by atoms with Gasteiger partial charge in [0.15, 0.2) is 0 Å². The lowest BCUT2D eigenvalue weighted by Crippen LogP contribution is -2.40. The molecule has 0 unspecified atom stereocenters. The van der Waals surface area contributed by atoms with Crippen LogP contribution < -0.4 is 10.6 Å². The van der Waals surface area contributed by atoms with Crippen molar-refractivity contribution in [2.45, 2.75) is 34.1 Å². The van der Waals surface area contributed by atoms with Crippen LogP contribution in [0, 0.1) is 22.5 Å². The third kappa shape index (κ3) is 3.47. The number of nitro groups is 1. The molecule has 1 rings (SSSR count). The predicted molar refractivity (Wildman–Crippen MR) is 79.9 cm³/mol. The van der Waals surface area contributed by atoms with Gasteiger partial charge < -0.3 is 20.7 Å². The summed E-state index contributed by atoms with van der Waals surface area (Å²) in [5, 5.41) is 11.2. The molecule has 0 amide bonds. The number of rotatable bonds is 7. The molecule has 7 heteroatoms. The standard InChI is InChI=1S/C13H25N5O2/c1-6-7-17(9-13(3,4)8-14)12-11(18(19)20)15-10(2)16(12)5/h6-9,14H2,1-5H3. The highest BCUT2D eigenvalue weighted by Crippen LogP contribution is 2.30. The molecule has 1 aromatic rings. The third-order valence-corrected chi connectivity index (χ3v) is 3.41. The summed E-state index contributed by atoms with van der Waals surface area (Å²) < 4.78 is 1.78. The van der Waals surface area contributed by atoms with Gasteiger partial charge in [-0.2, -0.15) is 0 Å². The number of hydrogen-bond acceptors (Lipinski definition) is 5. The molecule has 0 fully saturated rings. The van der Waals surface area contributed by atoms with E-state index in [0.29, 0.717) is 24.7 Å². The fourth-order valence-electron chi connectivity index (χ4n) is 2.17. The smallest absolute Gasteiger partial charge is 0.358 e. The highest BCUT2D eigenvalue weighted by molar-refractivity contribution is 5.56. The molecule has 1 aromatic heterocycles. The van der Waals surface area contributed by atoms with E-state index in [1.807, 2.05) is 11.9 Å². The maximum absolute atomic E-state index is 11.2. The zero-order valence-electron chi connectivity index (χ0n) is 13.0. The van der Waals surface area contributed by atoms with Crippen LogP contribution in [0.2, 0.25) is 0 Å². The van der Waals surface area contributed by atoms with Crippen molar-refractivity contribution in [1.82, 2.24) is 9.55 Å². The number of anilines is 1. The second-order valence-electron chi connectivity index (χ2n) is 5.91. The highest BCUT2D eigenvalue weighted by atomic mass is 16.6. The SMILES string of the molecule is CCCN(CC(C)(C)CN)c1c([N+](=O)[O-])nc(C)n1C. The summed E-state index contributed by atoms with van der Waals surface area (Å²) in [6.45, 7) is 9.87. The first-order chi connectivity index (χ1) is 9.23. The van der Waals surface area contributed by atoms with E-state index in [-0.39, 0.29) is 11.2 Å². The van der Waals surface area contributed by atoms with Gasteiger partial charge in [0, 0.05) is 27.1 Å². The fraction of sp³-hybridized carbons (Fsp3) is 0.769. The van der Waals surface area contributed by atoms with Gasteiger partial charge in [-0.05, 0) is 28.3 Å². The molecule has 0 saturated heterocycles. The molecule has 0 radical (unpaired) electrons. The van der Waals surface area contributed by atoms with Crippen molar-refractivity contribution in [3.8, 4) is 0 Å². The Hall–Kier alpha value is -1.63. The van der Waals surface area contributed by atoms with Gasteiger partial charge >= 0.3 is 5.82 Å². The Bertz CT molecular complexity index is 481. The van der Waals surface area contributed by atoms with Crippen LogP contribution in [0.3, 0.4) is 0 Å². The molecule has 2 N–H and O–H groups in total. The molecule has 0 aliphatic rings. The molecular formula is C13H25N5O2. The number of nitrogens with zero attached hydrogens (tertiary/aromatic N) is 4. The summed E-state index contributed by atoms with van der Waals surface area (Å²) in [4.78, 5) is 16.9. The average Bonchev–Trinajstić information content (AvgIpc) is 2.65. The Labute approximate surface area is 119 Å². The lowest BCUT2D eigenvalue weighted by molar-refractivity contribution is -0.388. The van der Waals surface area contributed by atoms with Gasteiger partial charge in [0.1, 0.15) is 0 Å². The Balaban J connectivity index is 3.24. The first kappa shape index (κ1) is 16.4. The second kappa shape index (κ2) is 6.21. The summed E-state index contributed by atoms with van der Waals surface area (Å²) in [6, 6.07) is 0. The van der Waals surface area contributed by atoms with E-state index in [1.54, 1.807) is 11.5 Å². The monoisotopic (exact) mass is 283 g/mol. The third-order valence-electron chi connectivity index (χ3n) is 3.41. The number of nitrogens with two attached hydrogens (primary N) is 1. The topological polar surface area (TPSA) is 90.2 Å². The molecule has 0 saturated carbocycles. The van der Waals surface area contributed by atoms with Crippen LogP contribution >= 0.6 is 0 Å². The summed E-state index contributed by atoms with van der Waals surface area (Å²) in [6.07, 6.45) is 0.905. The van der Waals surface area contributed by atoms with Crippen molar-refractivity contribution >= 4 is 11.6 Å². The molecule has 0 bridgehead atoms. The van der Waals surface area contributed by atoms with E-state index in [2.05, 4.69) is 25.8 Å². The minimum absolute atomic E-state index is 0.0775. The Morgan fingerprint density at radius 1 is 1.50 bits per heavy atom. The summed E-state index contributed by atoms with van der Waals surface area (Å²) in [5.41, 5.74) is 5.68. The number of aromatic nitrogens is 2. The lowest BCUT2D eigenvalue weighted by Gasteiger charge is -2.32. The van der Waals surface area contributed by atoms with Crippen molar-refractivity contribution in [1.29, 1.82) is 0 Å². The molecular weight excluding hydrogens is 258 g/mol. The summed E-state index contributed by atoms with van der Waals surface area (Å²) >= 11 is 0. The van der Waals surface area contributed by atoms with Crippen molar-refractivity contribution in [3.05, 3.63) is 15.9 Å². The van der Waals surface area contributed by atoms with Gasteiger partial charge in [-0.25, -0.2) is 0 Å². The second-order valence-corrected chi connectivity index (χ2v) is 5.91. The Kier molecular flexibility index (Phi) is 5.10. The van der Waals surface area contributed by atoms with Crippen molar-refractivity contribution in [2.75, 3.05) is 24.5 Å². The zero-order chi connectivity index (χ0) is 15.5. The first-order valence-electron chi connectivity index (χ1n) is 6.86. The minimum atomic E-state index is -0.416. The molecule has 0 aliphatic heterocycles. The van der Waals surface area contributed by atoms with Crippen LogP contribution in [0.15, 0.2) is 0 Å². The normalized spacial score (nSPS) is 11.7. The van der Waals surface area contributed by atoms with Crippen LogP contribution in [0.25, 0.3) is 0 Å². The van der Waals surface area contributed by atoms with Crippen LogP contribution in [0.5, 0.6) is 0 Å². The van der Waals surface area contributed by atoms with Crippen molar-refractivity contribution in [3.63, 3.8) is 0 Å². The van der Waals surface area contributed by atoms with Crippen molar-refractivity contribution < 1.29 is 4.92 Å². The Morgan fingerprint density at radius 2 is 2.10 bits per heavy atom. The number of hydrogen-bond donors (Lipinski definition) is 1. The van der Waals surface area contributed by atoms with E-state index in [0.717, 1.165) is 13.0 Å². The first-order valence-corrected chi connectivity index (χ1v) is 6.86. The van der Waals surface area contributed by atoms with Gasteiger partial charge in [0.2, 0.25) is 11.6 Å². The van der Waals surface area contributed by atoms with E-state index >= 15 is 0 Å². The molecule has 0 aliphatic carbocycles. The molecule has 0 aromatic carbocycles. The zero-order valence-corrected chi connectivity index (χ0v) is 13.0. The van der Waals surface area contributed by atoms with Crippen LogP contribution in [0.1, 0.15) is 33.0 Å². The van der Waals surface area contributed by atoms with E-state index in [1.165, 1.54) is 0 Å². The van der Waals surface area contributed by atoms with E-state index in [9.17, 15) is 10.1 Å². The quantitative estimate of drug-likeness (QED) is 0.609. The summed E-state index contributed by atoms with van der Waals surface area (Å²) in [5.74, 6) is 1.13. The van der Waals surface area contributed by atoms with Gasteiger partial charge in [-0.3, -0.25) is 4.57 Å². The Morgan fingerprint density at radius 3 is 2.55 bits per heavy atom. The number of aryl methyl sites for hydroxylation is 1. The van der Waals surface area contributed by atoms with Gasteiger partial charge in [-0.1, -0.05) is 20.8 Å². The molecule has 114 valence electrons. The lowest BCUT2D eigenvalue weighted by atomic mass is 9.93. The number of imidazole rings is 1. The maximum Gasteiger partial charge on any atom is 0.406 e. The fourth-order valence-corrected chi connectivity index (χ4v) is 2.17. The van der Waals surface area contributed by atoms with Crippen LogP contribution in [-0.4, -0.2) is 34.1 Å². The molecule has 1 heterocycles. The van der Waals surface area contributed by atoms with Gasteiger partial charge in [-0.15, -0.1) is 0 Å². The molecule has 20 heavy (non-hydrogen) atoms. The largest absolute Gasteiger partial charge is 0.406 e. The van der Waals surface area contributed by atoms with E-state index in [4.69, 9.17) is 5.73 Å². The highest BCUT2D eigenvalue weighted by Gasteiger charge is 2.30. The minimum Gasteiger partial charge on any atom is -0.358 e. The molecule has 7 nitrogen and oxygen atoms in total. The van der Waals surface area contributed by atoms with E-state index < -0.39 is 4.92 Å². The van der Waals surface area contributed by atoms with Crippen LogP contribution in [-0.2, 0) is 7.05 Å². The summed E-state index contributed by atoms with van der Waals surface area (Å²) in [7, 11) is 1.81. The predicted octanol–water partition coefficient (Wildman–Crippen LogP) is 1.84. The van der Waals surface area contributed by atoms with Gasteiger partial charge in [0.25, 0.3) is 0 Å². The molecule has 0 spiro atoms. The molecule has 0 atom stereocenters.